The SMILES string of the molecule is COc1ccc(CN=C(NCC(=O)N(C)C)NC(C)COC2CCOC2)cc1. The molecule has 0 aromatic heterocycles. The fourth-order valence-corrected chi connectivity index (χ4v) is 2.57. The average molecular weight is 393 g/mol. The van der Waals surface area contributed by atoms with Crippen molar-refractivity contribution in [2.45, 2.75) is 32.0 Å². The number of aliphatic imine (C=N–C) groups is 1. The maximum atomic E-state index is 11.9. The van der Waals surface area contributed by atoms with Gasteiger partial charge in [0.05, 0.1) is 39.5 Å². The van der Waals surface area contributed by atoms with Gasteiger partial charge in [0.25, 0.3) is 0 Å². The molecular formula is C20H32N4O4. The highest BCUT2D eigenvalue weighted by atomic mass is 16.5. The number of guanidine groups is 1. The summed E-state index contributed by atoms with van der Waals surface area (Å²) in [7, 11) is 5.10. The zero-order valence-corrected chi connectivity index (χ0v) is 17.2. The van der Waals surface area contributed by atoms with E-state index in [1.165, 1.54) is 0 Å². The summed E-state index contributed by atoms with van der Waals surface area (Å²) in [6.07, 6.45) is 1.09. The van der Waals surface area contributed by atoms with E-state index < -0.39 is 0 Å². The fourth-order valence-electron chi connectivity index (χ4n) is 2.57. The van der Waals surface area contributed by atoms with Gasteiger partial charge in [0.2, 0.25) is 5.91 Å². The molecule has 1 fully saturated rings. The second kappa shape index (κ2) is 11.5. The summed E-state index contributed by atoms with van der Waals surface area (Å²) < 4.78 is 16.4. The maximum absolute atomic E-state index is 11.9. The molecule has 1 saturated heterocycles. The first-order valence-corrected chi connectivity index (χ1v) is 9.55. The van der Waals surface area contributed by atoms with Crippen LogP contribution in [0, 0.1) is 0 Å². The number of carbonyl (C=O) groups excluding carboxylic acids is 1. The highest BCUT2D eigenvalue weighted by Crippen LogP contribution is 2.12. The van der Waals surface area contributed by atoms with E-state index in [4.69, 9.17) is 14.2 Å². The molecule has 2 rings (SSSR count). The van der Waals surface area contributed by atoms with Crippen molar-refractivity contribution in [2.75, 3.05) is 47.6 Å². The van der Waals surface area contributed by atoms with E-state index in [1.54, 1.807) is 26.1 Å². The van der Waals surface area contributed by atoms with Crippen LogP contribution in [0.1, 0.15) is 18.9 Å². The maximum Gasteiger partial charge on any atom is 0.241 e. The van der Waals surface area contributed by atoms with E-state index in [9.17, 15) is 4.79 Å². The van der Waals surface area contributed by atoms with Crippen LogP contribution >= 0.6 is 0 Å². The van der Waals surface area contributed by atoms with E-state index in [-0.39, 0.29) is 24.6 Å². The monoisotopic (exact) mass is 392 g/mol. The molecule has 0 aliphatic carbocycles. The first-order chi connectivity index (χ1) is 13.5. The van der Waals surface area contributed by atoms with E-state index in [2.05, 4.69) is 15.6 Å². The average Bonchev–Trinajstić information content (AvgIpc) is 3.22. The number of hydrogen-bond acceptors (Lipinski definition) is 5. The lowest BCUT2D eigenvalue weighted by atomic mass is 10.2. The molecule has 1 amide bonds. The molecule has 1 heterocycles. The quantitative estimate of drug-likeness (QED) is 0.482. The molecule has 1 aliphatic rings. The van der Waals surface area contributed by atoms with Crippen LogP contribution in [0.15, 0.2) is 29.3 Å². The third kappa shape index (κ3) is 7.74. The number of hydrogen-bond donors (Lipinski definition) is 2. The Hall–Kier alpha value is -2.32. The van der Waals surface area contributed by atoms with Crippen molar-refractivity contribution in [2.24, 2.45) is 4.99 Å². The third-order valence-electron chi connectivity index (χ3n) is 4.34. The van der Waals surface area contributed by atoms with Gasteiger partial charge in [-0.3, -0.25) is 4.79 Å². The lowest BCUT2D eigenvalue weighted by Crippen LogP contribution is -2.47. The molecule has 8 nitrogen and oxygen atoms in total. The van der Waals surface area contributed by atoms with Crippen molar-refractivity contribution in [3.8, 4) is 5.75 Å². The molecule has 0 saturated carbocycles. The van der Waals surface area contributed by atoms with Gasteiger partial charge >= 0.3 is 0 Å². The Kier molecular flexibility index (Phi) is 9.03. The van der Waals surface area contributed by atoms with Crippen molar-refractivity contribution in [1.29, 1.82) is 0 Å². The predicted molar refractivity (Wildman–Crippen MR) is 109 cm³/mol. The molecular weight excluding hydrogens is 360 g/mol. The van der Waals surface area contributed by atoms with E-state index in [0.29, 0.717) is 25.7 Å². The van der Waals surface area contributed by atoms with Crippen molar-refractivity contribution in [1.82, 2.24) is 15.5 Å². The summed E-state index contributed by atoms with van der Waals surface area (Å²) in [5.41, 5.74) is 1.05. The Morgan fingerprint density at radius 3 is 2.71 bits per heavy atom. The van der Waals surface area contributed by atoms with Crippen LogP contribution in [-0.4, -0.2) is 76.5 Å². The minimum absolute atomic E-state index is 0.0223. The van der Waals surface area contributed by atoms with Gasteiger partial charge < -0.3 is 29.7 Å². The lowest BCUT2D eigenvalue weighted by molar-refractivity contribution is -0.127. The van der Waals surface area contributed by atoms with Gasteiger partial charge in [-0.1, -0.05) is 12.1 Å². The summed E-state index contributed by atoms with van der Waals surface area (Å²) in [6, 6.07) is 7.79. The van der Waals surface area contributed by atoms with Gasteiger partial charge in [-0.2, -0.15) is 0 Å². The number of nitrogens with zero attached hydrogens (tertiary/aromatic N) is 2. The predicted octanol–water partition coefficient (Wildman–Crippen LogP) is 1.01. The Morgan fingerprint density at radius 2 is 2.11 bits per heavy atom. The van der Waals surface area contributed by atoms with Crippen molar-refractivity contribution in [3.05, 3.63) is 29.8 Å². The van der Waals surface area contributed by atoms with Crippen LogP contribution in [0.3, 0.4) is 0 Å². The molecule has 0 spiro atoms. The molecule has 0 bridgehead atoms. The normalized spacial score (nSPS) is 17.9. The van der Waals surface area contributed by atoms with Crippen molar-refractivity contribution < 1.29 is 19.0 Å². The molecule has 0 radical (unpaired) electrons. The van der Waals surface area contributed by atoms with Gasteiger partial charge in [-0.05, 0) is 31.0 Å². The summed E-state index contributed by atoms with van der Waals surface area (Å²) in [6.45, 7) is 4.63. The van der Waals surface area contributed by atoms with Crippen LogP contribution < -0.4 is 15.4 Å². The van der Waals surface area contributed by atoms with Crippen LogP contribution in [0.5, 0.6) is 5.75 Å². The first kappa shape index (κ1) is 22.0. The van der Waals surface area contributed by atoms with Gasteiger partial charge in [0.1, 0.15) is 5.75 Å². The minimum Gasteiger partial charge on any atom is -0.497 e. The zero-order valence-electron chi connectivity index (χ0n) is 17.2. The smallest absolute Gasteiger partial charge is 0.241 e. The highest BCUT2D eigenvalue weighted by molar-refractivity contribution is 5.86. The Morgan fingerprint density at radius 1 is 1.36 bits per heavy atom. The van der Waals surface area contributed by atoms with Gasteiger partial charge in [-0.15, -0.1) is 0 Å². The second-order valence-corrected chi connectivity index (χ2v) is 7.02. The number of methoxy groups -OCH3 is 1. The molecule has 2 atom stereocenters. The molecule has 1 aromatic rings. The molecule has 28 heavy (non-hydrogen) atoms. The Labute approximate surface area is 167 Å². The minimum atomic E-state index is -0.0223. The van der Waals surface area contributed by atoms with Gasteiger partial charge in [0.15, 0.2) is 5.96 Å². The molecule has 1 aliphatic heterocycles. The van der Waals surface area contributed by atoms with Gasteiger partial charge in [0, 0.05) is 26.7 Å². The number of amides is 1. The number of likely N-dealkylation sites (N-methyl/N-ethyl adjacent to an activating group) is 1. The molecule has 156 valence electrons. The molecule has 8 heteroatoms. The van der Waals surface area contributed by atoms with E-state index in [1.807, 2.05) is 31.2 Å². The largest absolute Gasteiger partial charge is 0.497 e. The fraction of sp³-hybridized carbons (Fsp3) is 0.600. The van der Waals surface area contributed by atoms with Crippen molar-refractivity contribution in [3.63, 3.8) is 0 Å². The number of benzene rings is 1. The molecule has 2 unspecified atom stereocenters. The van der Waals surface area contributed by atoms with E-state index in [0.717, 1.165) is 24.3 Å². The van der Waals surface area contributed by atoms with Crippen LogP contribution in [0.4, 0.5) is 0 Å². The van der Waals surface area contributed by atoms with Crippen LogP contribution in [0.25, 0.3) is 0 Å². The standard InChI is InChI=1S/C20H32N4O4/c1-15(13-28-18-9-10-27-14-18)23-20(22-12-19(25)24(2)3)21-11-16-5-7-17(26-4)8-6-16/h5-8,15,18H,9-14H2,1-4H3,(H2,21,22,23). The van der Waals surface area contributed by atoms with E-state index >= 15 is 0 Å². The van der Waals surface area contributed by atoms with Crippen LogP contribution in [0.2, 0.25) is 0 Å². The third-order valence-corrected chi connectivity index (χ3v) is 4.34. The summed E-state index contributed by atoms with van der Waals surface area (Å²) >= 11 is 0. The first-order valence-electron chi connectivity index (χ1n) is 9.55. The summed E-state index contributed by atoms with van der Waals surface area (Å²) in [4.78, 5) is 18.1. The lowest BCUT2D eigenvalue weighted by Gasteiger charge is -2.20. The van der Waals surface area contributed by atoms with Gasteiger partial charge in [-0.25, -0.2) is 4.99 Å². The Bertz CT molecular complexity index is 628. The zero-order chi connectivity index (χ0) is 20.4. The summed E-state index contributed by atoms with van der Waals surface area (Å²) in [5.74, 6) is 1.36. The second-order valence-electron chi connectivity index (χ2n) is 7.02. The number of nitrogens with one attached hydrogen (secondary N) is 2. The summed E-state index contributed by atoms with van der Waals surface area (Å²) in [5, 5.41) is 6.40. The highest BCUT2D eigenvalue weighted by Gasteiger charge is 2.17. The number of rotatable bonds is 9. The van der Waals surface area contributed by atoms with Crippen molar-refractivity contribution >= 4 is 11.9 Å². The molecule has 2 N–H and O–H groups in total. The Balaban J connectivity index is 1.92. The number of ether oxygens (including phenoxy) is 3. The van der Waals surface area contributed by atoms with Crippen LogP contribution in [-0.2, 0) is 20.8 Å². The number of carbonyl (C=O) groups is 1. The topological polar surface area (TPSA) is 84.4 Å². The molecule has 1 aromatic carbocycles.